The second-order valence-electron chi connectivity index (χ2n) is 4.57. The summed E-state index contributed by atoms with van der Waals surface area (Å²) in [6.07, 6.45) is 0.499. The number of ketones is 1. The van der Waals surface area contributed by atoms with Crippen molar-refractivity contribution in [3.8, 4) is 0 Å². The summed E-state index contributed by atoms with van der Waals surface area (Å²) in [7, 11) is 0. The highest BCUT2D eigenvalue weighted by atomic mass is 35.5. The maximum Gasteiger partial charge on any atom is 0.166 e. The van der Waals surface area contributed by atoms with Gasteiger partial charge in [-0.25, -0.2) is 0 Å². The highest BCUT2D eigenvalue weighted by Crippen LogP contribution is 2.20. The van der Waals surface area contributed by atoms with Gasteiger partial charge in [0, 0.05) is 17.1 Å². The van der Waals surface area contributed by atoms with Crippen LogP contribution in [0.3, 0.4) is 0 Å². The lowest BCUT2D eigenvalue weighted by atomic mass is 10.1. The maximum atomic E-state index is 11.9. The van der Waals surface area contributed by atoms with Crippen LogP contribution in [0.5, 0.6) is 0 Å². The summed E-state index contributed by atoms with van der Waals surface area (Å²) in [5, 5.41) is 5.17. The van der Waals surface area contributed by atoms with Crippen LogP contribution in [0.25, 0.3) is 0 Å². The number of hydrogen-bond acceptors (Lipinski definition) is 2. The number of carbonyl (C=O) groups excluding carboxylic acids is 1. The van der Waals surface area contributed by atoms with Gasteiger partial charge in [-0.05, 0) is 25.5 Å². The zero-order chi connectivity index (χ0) is 14.0. The molecular weight excluding hydrogens is 260 g/mol. The van der Waals surface area contributed by atoms with Crippen molar-refractivity contribution in [2.24, 2.45) is 0 Å². The fraction of sp³-hybridized carbons (Fsp3) is 0.333. The van der Waals surface area contributed by atoms with Crippen LogP contribution in [0.1, 0.15) is 40.7 Å². The standard InChI is InChI=1S/C15H17ClN2O/c1-4-14(19)15-10(2)17-18(11(15)3)9-12-7-5-6-8-13(12)16/h5-8H,4,9H2,1-3H3. The molecule has 1 aromatic heterocycles. The molecule has 0 atom stereocenters. The molecule has 2 aromatic rings. The van der Waals surface area contributed by atoms with Crippen molar-refractivity contribution < 1.29 is 4.79 Å². The predicted octanol–water partition coefficient (Wildman–Crippen LogP) is 3.79. The quantitative estimate of drug-likeness (QED) is 0.796. The van der Waals surface area contributed by atoms with Gasteiger partial charge in [-0.1, -0.05) is 36.7 Å². The third-order valence-electron chi connectivity index (χ3n) is 3.26. The number of halogens is 1. The minimum Gasteiger partial charge on any atom is -0.294 e. The van der Waals surface area contributed by atoms with Gasteiger partial charge in [0.15, 0.2) is 5.78 Å². The van der Waals surface area contributed by atoms with Crippen molar-refractivity contribution in [1.29, 1.82) is 0 Å². The van der Waals surface area contributed by atoms with Crippen LogP contribution in [-0.2, 0) is 6.54 Å². The first kappa shape index (κ1) is 13.8. The lowest BCUT2D eigenvalue weighted by Gasteiger charge is -2.07. The van der Waals surface area contributed by atoms with Gasteiger partial charge in [0.1, 0.15) is 0 Å². The summed E-state index contributed by atoms with van der Waals surface area (Å²) < 4.78 is 1.85. The fourth-order valence-electron chi connectivity index (χ4n) is 2.22. The molecule has 19 heavy (non-hydrogen) atoms. The van der Waals surface area contributed by atoms with Crippen molar-refractivity contribution in [3.05, 3.63) is 51.8 Å². The van der Waals surface area contributed by atoms with E-state index in [2.05, 4.69) is 5.10 Å². The van der Waals surface area contributed by atoms with Crippen LogP contribution < -0.4 is 0 Å². The number of Topliss-reactive ketones (excluding diaryl/α,β-unsaturated/α-hetero) is 1. The molecule has 0 aliphatic carbocycles. The number of carbonyl (C=O) groups is 1. The maximum absolute atomic E-state index is 11.9. The summed E-state index contributed by atoms with van der Waals surface area (Å²) in [6, 6.07) is 7.69. The Balaban J connectivity index is 2.38. The summed E-state index contributed by atoms with van der Waals surface area (Å²) in [5.41, 5.74) is 3.44. The largest absolute Gasteiger partial charge is 0.294 e. The Morgan fingerprint density at radius 3 is 2.63 bits per heavy atom. The predicted molar refractivity (Wildman–Crippen MR) is 76.9 cm³/mol. The number of benzene rings is 1. The molecule has 0 amide bonds. The molecule has 0 radical (unpaired) electrons. The zero-order valence-electron chi connectivity index (χ0n) is 11.4. The van der Waals surface area contributed by atoms with Gasteiger partial charge in [-0.2, -0.15) is 5.10 Å². The van der Waals surface area contributed by atoms with Gasteiger partial charge in [-0.15, -0.1) is 0 Å². The Bertz CT molecular complexity index is 617. The summed E-state index contributed by atoms with van der Waals surface area (Å²) in [6.45, 7) is 6.26. The molecule has 0 spiro atoms. The minimum atomic E-state index is 0.139. The molecular formula is C15H17ClN2O. The van der Waals surface area contributed by atoms with E-state index in [4.69, 9.17) is 11.6 Å². The minimum absolute atomic E-state index is 0.139. The van der Waals surface area contributed by atoms with E-state index in [9.17, 15) is 4.79 Å². The second kappa shape index (κ2) is 5.57. The van der Waals surface area contributed by atoms with E-state index in [0.717, 1.165) is 27.5 Å². The van der Waals surface area contributed by atoms with E-state index < -0.39 is 0 Å². The second-order valence-corrected chi connectivity index (χ2v) is 4.98. The first-order valence-corrected chi connectivity index (χ1v) is 6.73. The summed E-state index contributed by atoms with van der Waals surface area (Å²) >= 11 is 6.15. The van der Waals surface area contributed by atoms with Gasteiger partial charge in [0.2, 0.25) is 0 Å². The Hall–Kier alpha value is -1.61. The van der Waals surface area contributed by atoms with Gasteiger partial charge in [-0.3, -0.25) is 9.48 Å². The average molecular weight is 277 g/mol. The topological polar surface area (TPSA) is 34.9 Å². The van der Waals surface area contributed by atoms with Gasteiger partial charge < -0.3 is 0 Å². The molecule has 4 heteroatoms. The smallest absolute Gasteiger partial charge is 0.166 e. The van der Waals surface area contributed by atoms with Crippen molar-refractivity contribution in [2.45, 2.75) is 33.7 Å². The molecule has 3 nitrogen and oxygen atoms in total. The molecule has 0 fully saturated rings. The third-order valence-corrected chi connectivity index (χ3v) is 3.63. The highest BCUT2D eigenvalue weighted by molar-refractivity contribution is 6.31. The van der Waals surface area contributed by atoms with E-state index in [-0.39, 0.29) is 5.78 Å². The molecule has 0 N–H and O–H groups in total. The number of rotatable bonds is 4. The van der Waals surface area contributed by atoms with Crippen molar-refractivity contribution in [2.75, 3.05) is 0 Å². The van der Waals surface area contributed by atoms with E-state index in [1.165, 1.54) is 0 Å². The molecule has 100 valence electrons. The van der Waals surface area contributed by atoms with Crippen molar-refractivity contribution in [3.63, 3.8) is 0 Å². The van der Waals surface area contributed by atoms with E-state index in [1.54, 1.807) is 0 Å². The Morgan fingerprint density at radius 2 is 2.00 bits per heavy atom. The molecule has 0 aliphatic heterocycles. The van der Waals surface area contributed by atoms with Crippen LogP contribution >= 0.6 is 11.6 Å². The highest BCUT2D eigenvalue weighted by Gasteiger charge is 2.17. The summed E-state index contributed by atoms with van der Waals surface area (Å²) in [5.74, 6) is 0.139. The third kappa shape index (κ3) is 2.71. The molecule has 0 bridgehead atoms. The van der Waals surface area contributed by atoms with Crippen molar-refractivity contribution >= 4 is 17.4 Å². The molecule has 1 heterocycles. The van der Waals surface area contributed by atoms with E-state index in [1.807, 2.05) is 49.7 Å². The Morgan fingerprint density at radius 1 is 1.32 bits per heavy atom. The van der Waals surface area contributed by atoms with Gasteiger partial charge in [0.05, 0.1) is 17.8 Å². The number of nitrogens with zero attached hydrogens (tertiary/aromatic N) is 2. The molecule has 0 saturated carbocycles. The van der Waals surface area contributed by atoms with Crippen LogP contribution in [0.15, 0.2) is 24.3 Å². The SMILES string of the molecule is CCC(=O)c1c(C)nn(Cc2ccccc2Cl)c1C. The van der Waals surface area contributed by atoms with Crippen LogP contribution in [0, 0.1) is 13.8 Å². The number of aryl methyl sites for hydroxylation is 1. The van der Waals surface area contributed by atoms with Crippen molar-refractivity contribution in [1.82, 2.24) is 9.78 Å². The van der Waals surface area contributed by atoms with Crippen LogP contribution in [-0.4, -0.2) is 15.6 Å². The monoisotopic (exact) mass is 276 g/mol. The van der Waals surface area contributed by atoms with E-state index in [0.29, 0.717) is 13.0 Å². The molecule has 0 unspecified atom stereocenters. The fourth-order valence-corrected chi connectivity index (χ4v) is 2.41. The molecule has 0 aliphatic rings. The van der Waals surface area contributed by atoms with Crippen LogP contribution in [0.2, 0.25) is 5.02 Å². The lowest BCUT2D eigenvalue weighted by Crippen LogP contribution is -2.06. The first-order chi connectivity index (χ1) is 9.04. The Kier molecular flexibility index (Phi) is 4.05. The summed E-state index contributed by atoms with van der Waals surface area (Å²) in [4.78, 5) is 11.9. The average Bonchev–Trinajstić information content (AvgIpc) is 2.66. The number of hydrogen-bond donors (Lipinski definition) is 0. The lowest BCUT2D eigenvalue weighted by molar-refractivity contribution is 0.0987. The molecule has 1 aromatic carbocycles. The number of aromatic nitrogens is 2. The van der Waals surface area contributed by atoms with Gasteiger partial charge in [0.25, 0.3) is 0 Å². The van der Waals surface area contributed by atoms with E-state index >= 15 is 0 Å². The first-order valence-electron chi connectivity index (χ1n) is 6.35. The normalized spacial score (nSPS) is 10.7. The van der Waals surface area contributed by atoms with Gasteiger partial charge >= 0.3 is 0 Å². The van der Waals surface area contributed by atoms with Crippen LogP contribution in [0.4, 0.5) is 0 Å². The molecule has 0 saturated heterocycles. The zero-order valence-corrected chi connectivity index (χ0v) is 12.2. The Labute approximate surface area is 118 Å². The molecule has 2 rings (SSSR count).